The molecule has 15 heavy (non-hydrogen) atoms. The summed E-state index contributed by atoms with van der Waals surface area (Å²) in [4.78, 5) is 3.31. The molecular formula is C12H16N2O. The number of hydrogen-bond acceptors (Lipinski definition) is 2. The van der Waals surface area contributed by atoms with E-state index in [9.17, 15) is 5.11 Å². The van der Waals surface area contributed by atoms with Crippen molar-refractivity contribution in [2.45, 2.75) is 12.8 Å². The van der Waals surface area contributed by atoms with Crippen LogP contribution >= 0.6 is 0 Å². The summed E-state index contributed by atoms with van der Waals surface area (Å²) in [6.45, 7) is 1.03. The second-order valence-electron chi connectivity index (χ2n) is 3.77. The molecule has 0 saturated heterocycles. The van der Waals surface area contributed by atoms with Crippen molar-refractivity contribution in [3.05, 3.63) is 30.0 Å². The van der Waals surface area contributed by atoms with Gasteiger partial charge in [0, 0.05) is 17.3 Å². The van der Waals surface area contributed by atoms with Crippen LogP contribution in [0.3, 0.4) is 0 Å². The molecule has 0 saturated carbocycles. The van der Waals surface area contributed by atoms with E-state index in [2.05, 4.69) is 16.4 Å². The normalized spacial score (nSPS) is 11.0. The fraction of sp³-hybridized carbons (Fsp3) is 0.333. The lowest BCUT2D eigenvalue weighted by molar-refractivity contribution is 0.476. The quantitative estimate of drug-likeness (QED) is 0.667. The summed E-state index contributed by atoms with van der Waals surface area (Å²) in [5, 5.41) is 13.6. The average Bonchev–Trinajstić information content (AvgIpc) is 2.60. The van der Waals surface area contributed by atoms with Crippen LogP contribution in [-0.2, 0) is 6.42 Å². The second kappa shape index (κ2) is 4.36. The standard InChI is InChI=1S/C12H16N2O/c1-13-6-2-3-10-7-9-4-5-11(15)8-12(9)14-10/h4-5,7-8,13-15H,2-3,6H2,1H3. The maximum absolute atomic E-state index is 9.32. The van der Waals surface area contributed by atoms with Crippen LogP contribution in [0.25, 0.3) is 10.9 Å². The number of aromatic nitrogens is 1. The van der Waals surface area contributed by atoms with Gasteiger partial charge in [-0.1, -0.05) is 0 Å². The van der Waals surface area contributed by atoms with Crippen LogP contribution in [0.4, 0.5) is 0 Å². The molecule has 0 atom stereocenters. The molecule has 0 fully saturated rings. The molecule has 80 valence electrons. The minimum absolute atomic E-state index is 0.311. The lowest BCUT2D eigenvalue weighted by Crippen LogP contribution is -2.08. The summed E-state index contributed by atoms with van der Waals surface area (Å²) in [6.07, 6.45) is 2.16. The fourth-order valence-electron chi connectivity index (χ4n) is 1.77. The molecule has 3 heteroatoms. The number of aromatic amines is 1. The highest BCUT2D eigenvalue weighted by Crippen LogP contribution is 2.20. The van der Waals surface area contributed by atoms with Gasteiger partial charge in [0.05, 0.1) is 0 Å². The number of hydrogen-bond donors (Lipinski definition) is 3. The van der Waals surface area contributed by atoms with Gasteiger partial charge in [-0.2, -0.15) is 0 Å². The van der Waals surface area contributed by atoms with Gasteiger partial charge in [0.2, 0.25) is 0 Å². The first kappa shape index (κ1) is 10.1. The van der Waals surface area contributed by atoms with Crippen LogP contribution in [0.1, 0.15) is 12.1 Å². The molecule has 0 aliphatic carbocycles. The van der Waals surface area contributed by atoms with Gasteiger partial charge >= 0.3 is 0 Å². The third-order valence-electron chi connectivity index (χ3n) is 2.53. The summed E-state index contributed by atoms with van der Waals surface area (Å²) in [5.74, 6) is 0.311. The predicted octanol–water partition coefficient (Wildman–Crippen LogP) is 2.03. The van der Waals surface area contributed by atoms with Crippen molar-refractivity contribution < 1.29 is 5.11 Å². The van der Waals surface area contributed by atoms with Gasteiger partial charge in [0.25, 0.3) is 0 Å². The van der Waals surface area contributed by atoms with Crippen LogP contribution in [0.5, 0.6) is 5.75 Å². The van der Waals surface area contributed by atoms with Crippen LogP contribution in [0, 0.1) is 0 Å². The highest BCUT2D eigenvalue weighted by Gasteiger charge is 2.00. The van der Waals surface area contributed by atoms with Gasteiger partial charge < -0.3 is 15.4 Å². The highest BCUT2D eigenvalue weighted by atomic mass is 16.3. The zero-order chi connectivity index (χ0) is 10.7. The number of phenolic OH excluding ortho intramolecular Hbond substituents is 1. The SMILES string of the molecule is CNCCCc1cc2ccc(O)cc2[nH]1. The van der Waals surface area contributed by atoms with E-state index < -0.39 is 0 Å². The Labute approximate surface area is 89.1 Å². The molecule has 1 aromatic carbocycles. The molecule has 2 aromatic rings. The lowest BCUT2D eigenvalue weighted by atomic mass is 10.2. The maximum atomic E-state index is 9.32. The van der Waals surface area contributed by atoms with Crippen LogP contribution < -0.4 is 5.32 Å². The van der Waals surface area contributed by atoms with E-state index in [0.29, 0.717) is 5.75 Å². The van der Waals surface area contributed by atoms with Crippen molar-refractivity contribution in [3.8, 4) is 5.75 Å². The summed E-state index contributed by atoms with van der Waals surface area (Å²) in [6, 6.07) is 7.55. The van der Waals surface area contributed by atoms with E-state index in [0.717, 1.165) is 30.3 Å². The Morgan fingerprint density at radius 2 is 2.20 bits per heavy atom. The average molecular weight is 204 g/mol. The molecule has 3 N–H and O–H groups in total. The first-order chi connectivity index (χ1) is 7.29. The van der Waals surface area contributed by atoms with Crippen molar-refractivity contribution >= 4 is 10.9 Å². The van der Waals surface area contributed by atoms with Crippen molar-refractivity contribution in [1.82, 2.24) is 10.3 Å². The first-order valence-electron chi connectivity index (χ1n) is 5.25. The Bertz CT molecular complexity index is 448. The molecule has 0 spiro atoms. The monoisotopic (exact) mass is 204 g/mol. The first-order valence-corrected chi connectivity index (χ1v) is 5.25. The Morgan fingerprint density at radius 1 is 1.33 bits per heavy atom. The van der Waals surface area contributed by atoms with Crippen molar-refractivity contribution in [2.24, 2.45) is 0 Å². The summed E-state index contributed by atoms with van der Waals surface area (Å²) >= 11 is 0. The van der Waals surface area contributed by atoms with Crippen LogP contribution in [0.2, 0.25) is 0 Å². The van der Waals surface area contributed by atoms with Gasteiger partial charge in [-0.15, -0.1) is 0 Å². The second-order valence-corrected chi connectivity index (χ2v) is 3.77. The number of aromatic hydroxyl groups is 1. The van der Waals surface area contributed by atoms with E-state index in [1.807, 2.05) is 13.1 Å². The van der Waals surface area contributed by atoms with E-state index in [-0.39, 0.29) is 0 Å². The van der Waals surface area contributed by atoms with Gasteiger partial charge in [0.15, 0.2) is 0 Å². The molecule has 3 nitrogen and oxygen atoms in total. The van der Waals surface area contributed by atoms with E-state index >= 15 is 0 Å². The summed E-state index contributed by atoms with van der Waals surface area (Å²) in [5.41, 5.74) is 2.24. The molecule has 0 bridgehead atoms. The number of aryl methyl sites for hydroxylation is 1. The Hall–Kier alpha value is -1.48. The molecule has 2 rings (SSSR count). The van der Waals surface area contributed by atoms with Crippen LogP contribution in [0.15, 0.2) is 24.3 Å². The Balaban J connectivity index is 2.16. The van der Waals surface area contributed by atoms with Gasteiger partial charge in [-0.3, -0.25) is 0 Å². The van der Waals surface area contributed by atoms with E-state index in [1.54, 1.807) is 12.1 Å². The summed E-state index contributed by atoms with van der Waals surface area (Å²) < 4.78 is 0. The minimum atomic E-state index is 0.311. The number of phenols is 1. The highest BCUT2D eigenvalue weighted by molar-refractivity contribution is 5.81. The lowest BCUT2D eigenvalue weighted by Gasteiger charge is -1.96. The van der Waals surface area contributed by atoms with Gasteiger partial charge in [-0.05, 0) is 50.0 Å². The third-order valence-corrected chi connectivity index (χ3v) is 2.53. The predicted molar refractivity (Wildman–Crippen MR) is 62.2 cm³/mol. The number of fused-ring (bicyclic) bond motifs is 1. The van der Waals surface area contributed by atoms with Crippen molar-refractivity contribution in [2.75, 3.05) is 13.6 Å². The minimum Gasteiger partial charge on any atom is -0.508 e. The molecule has 1 heterocycles. The zero-order valence-corrected chi connectivity index (χ0v) is 8.88. The Morgan fingerprint density at radius 3 is 3.00 bits per heavy atom. The van der Waals surface area contributed by atoms with Crippen molar-refractivity contribution in [3.63, 3.8) is 0 Å². The fourth-order valence-corrected chi connectivity index (χ4v) is 1.77. The topological polar surface area (TPSA) is 48.0 Å². The maximum Gasteiger partial charge on any atom is 0.117 e. The molecule has 1 aromatic heterocycles. The summed E-state index contributed by atoms with van der Waals surface area (Å²) in [7, 11) is 1.96. The van der Waals surface area contributed by atoms with Crippen molar-refractivity contribution in [1.29, 1.82) is 0 Å². The molecule has 0 aliphatic heterocycles. The zero-order valence-electron chi connectivity index (χ0n) is 8.88. The van der Waals surface area contributed by atoms with E-state index in [4.69, 9.17) is 0 Å². The number of benzene rings is 1. The number of rotatable bonds is 4. The van der Waals surface area contributed by atoms with Crippen LogP contribution in [-0.4, -0.2) is 23.7 Å². The van der Waals surface area contributed by atoms with Gasteiger partial charge in [-0.25, -0.2) is 0 Å². The Kier molecular flexibility index (Phi) is 2.92. The molecule has 0 radical (unpaired) electrons. The largest absolute Gasteiger partial charge is 0.508 e. The third kappa shape index (κ3) is 2.30. The van der Waals surface area contributed by atoms with Gasteiger partial charge in [0.1, 0.15) is 5.75 Å². The molecular weight excluding hydrogens is 188 g/mol. The number of nitrogens with one attached hydrogen (secondary N) is 2. The molecule has 0 aliphatic rings. The number of H-pyrrole nitrogens is 1. The molecule has 0 unspecified atom stereocenters. The smallest absolute Gasteiger partial charge is 0.117 e. The van der Waals surface area contributed by atoms with E-state index in [1.165, 1.54) is 5.69 Å². The molecule has 0 amide bonds.